The first kappa shape index (κ1) is 18.0. The third kappa shape index (κ3) is 4.21. The van der Waals surface area contributed by atoms with Crippen LogP contribution in [0.2, 0.25) is 0 Å². The third-order valence-electron chi connectivity index (χ3n) is 4.01. The van der Waals surface area contributed by atoms with Crippen molar-refractivity contribution in [3.63, 3.8) is 0 Å². The first-order chi connectivity index (χ1) is 12.4. The standard InChI is InChI=1S/C19H16FNO4S/c1-2-13(19(22)21-16-9-10-26(23,24)12-16)11-17-7-8-18(25-17)14-3-5-15(20)6-4-14/h1,3-8,11,16H,9-10,12H2,(H,21,22)/b13-11+. The normalized spacial score (nSPS) is 19.1. The number of hydrogen-bond acceptors (Lipinski definition) is 4. The van der Waals surface area contributed by atoms with Gasteiger partial charge < -0.3 is 9.73 Å². The lowest BCUT2D eigenvalue weighted by Gasteiger charge is -2.10. The minimum atomic E-state index is -3.09. The van der Waals surface area contributed by atoms with Gasteiger partial charge in [0.2, 0.25) is 0 Å². The Morgan fingerprint density at radius 2 is 2.00 bits per heavy atom. The minimum Gasteiger partial charge on any atom is -0.457 e. The van der Waals surface area contributed by atoms with Gasteiger partial charge in [-0.3, -0.25) is 4.79 Å². The molecule has 0 aliphatic carbocycles. The van der Waals surface area contributed by atoms with E-state index in [4.69, 9.17) is 10.8 Å². The summed E-state index contributed by atoms with van der Waals surface area (Å²) in [4.78, 5) is 12.3. The van der Waals surface area contributed by atoms with Gasteiger partial charge in [0.05, 0.1) is 17.1 Å². The van der Waals surface area contributed by atoms with Gasteiger partial charge in [-0.05, 0) is 42.8 Å². The lowest BCUT2D eigenvalue weighted by atomic mass is 10.2. The summed E-state index contributed by atoms with van der Waals surface area (Å²) in [5, 5.41) is 2.64. The van der Waals surface area contributed by atoms with Gasteiger partial charge >= 0.3 is 0 Å². The number of terminal acetylenes is 1. The molecule has 1 N–H and O–H groups in total. The van der Waals surface area contributed by atoms with Gasteiger partial charge in [0, 0.05) is 17.7 Å². The molecular formula is C19H16FNO4S. The van der Waals surface area contributed by atoms with Crippen molar-refractivity contribution in [2.75, 3.05) is 11.5 Å². The SMILES string of the molecule is C#C/C(=C\c1ccc(-c2ccc(F)cc2)o1)C(=O)NC1CCS(=O)(=O)C1. The van der Waals surface area contributed by atoms with Crippen LogP contribution in [-0.4, -0.2) is 31.9 Å². The topological polar surface area (TPSA) is 76.4 Å². The summed E-state index contributed by atoms with van der Waals surface area (Å²) in [6.07, 6.45) is 7.19. The van der Waals surface area contributed by atoms with Gasteiger partial charge in [-0.15, -0.1) is 6.42 Å². The highest BCUT2D eigenvalue weighted by Gasteiger charge is 2.29. The number of benzene rings is 1. The first-order valence-electron chi connectivity index (χ1n) is 7.92. The van der Waals surface area contributed by atoms with Gasteiger partial charge in [-0.1, -0.05) is 5.92 Å². The van der Waals surface area contributed by atoms with E-state index in [1.165, 1.54) is 18.2 Å². The molecule has 3 rings (SSSR count). The molecule has 1 fully saturated rings. The van der Waals surface area contributed by atoms with Crippen LogP contribution >= 0.6 is 0 Å². The summed E-state index contributed by atoms with van der Waals surface area (Å²) in [6.45, 7) is 0. The molecule has 26 heavy (non-hydrogen) atoms. The van der Waals surface area contributed by atoms with Crippen molar-refractivity contribution < 1.29 is 22.0 Å². The van der Waals surface area contributed by atoms with E-state index in [1.807, 2.05) is 0 Å². The zero-order chi connectivity index (χ0) is 18.7. The smallest absolute Gasteiger partial charge is 0.260 e. The van der Waals surface area contributed by atoms with E-state index in [2.05, 4.69) is 11.2 Å². The molecule has 2 aromatic rings. The van der Waals surface area contributed by atoms with Crippen LogP contribution < -0.4 is 5.32 Å². The lowest BCUT2D eigenvalue weighted by molar-refractivity contribution is -0.117. The average molecular weight is 373 g/mol. The van der Waals surface area contributed by atoms with Crippen molar-refractivity contribution in [2.24, 2.45) is 0 Å². The van der Waals surface area contributed by atoms with Gasteiger partial charge in [-0.2, -0.15) is 0 Å². The van der Waals surface area contributed by atoms with Crippen molar-refractivity contribution in [2.45, 2.75) is 12.5 Å². The summed E-state index contributed by atoms with van der Waals surface area (Å²) in [5.74, 6) is 2.29. The molecular weight excluding hydrogens is 357 g/mol. The van der Waals surface area contributed by atoms with Crippen LogP contribution in [0, 0.1) is 18.2 Å². The molecule has 1 amide bonds. The van der Waals surface area contributed by atoms with Crippen molar-refractivity contribution in [1.29, 1.82) is 0 Å². The molecule has 1 unspecified atom stereocenters. The summed E-state index contributed by atoms with van der Waals surface area (Å²) in [6, 6.07) is 8.70. The van der Waals surface area contributed by atoms with E-state index in [9.17, 15) is 17.6 Å². The Morgan fingerprint density at radius 1 is 1.27 bits per heavy atom. The highest BCUT2D eigenvalue weighted by molar-refractivity contribution is 7.91. The number of carbonyl (C=O) groups is 1. The predicted molar refractivity (Wildman–Crippen MR) is 96.1 cm³/mol. The predicted octanol–water partition coefficient (Wildman–Crippen LogP) is 2.41. The van der Waals surface area contributed by atoms with Gasteiger partial charge in [0.25, 0.3) is 5.91 Å². The number of amides is 1. The van der Waals surface area contributed by atoms with Crippen molar-refractivity contribution in [3.8, 4) is 23.7 Å². The number of hydrogen-bond donors (Lipinski definition) is 1. The Kier molecular flexibility index (Phi) is 4.96. The maximum absolute atomic E-state index is 13.0. The molecule has 5 nitrogen and oxygen atoms in total. The lowest BCUT2D eigenvalue weighted by Crippen LogP contribution is -2.36. The summed E-state index contributed by atoms with van der Waals surface area (Å²) < 4.78 is 41.5. The first-order valence-corrected chi connectivity index (χ1v) is 9.74. The molecule has 1 aromatic carbocycles. The zero-order valence-corrected chi connectivity index (χ0v) is 14.6. The molecule has 0 bridgehead atoms. The van der Waals surface area contributed by atoms with E-state index >= 15 is 0 Å². The van der Waals surface area contributed by atoms with E-state index in [1.54, 1.807) is 24.3 Å². The fourth-order valence-electron chi connectivity index (χ4n) is 2.69. The van der Waals surface area contributed by atoms with E-state index in [0.29, 0.717) is 23.5 Å². The van der Waals surface area contributed by atoms with Crippen LogP contribution in [0.25, 0.3) is 17.4 Å². The summed E-state index contributed by atoms with van der Waals surface area (Å²) in [5.41, 5.74) is 0.725. The average Bonchev–Trinajstić information content (AvgIpc) is 3.19. The van der Waals surface area contributed by atoms with E-state index in [0.717, 1.165) is 0 Å². The molecule has 1 aliphatic heterocycles. The van der Waals surface area contributed by atoms with Gasteiger partial charge in [-0.25, -0.2) is 12.8 Å². The summed E-state index contributed by atoms with van der Waals surface area (Å²) in [7, 11) is -3.09. The zero-order valence-electron chi connectivity index (χ0n) is 13.7. The number of furan rings is 1. The van der Waals surface area contributed by atoms with Crippen LogP contribution in [-0.2, 0) is 14.6 Å². The van der Waals surface area contributed by atoms with Crippen LogP contribution in [0.3, 0.4) is 0 Å². The molecule has 134 valence electrons. The Hall–Kier alpha value is -2.85. The highest BCUT2D eigenvalue weighted by Crippen LogP contribution is 2.23. The second kappa shape index (κ2) is 7.18. The van der Waals surface area contributed by atoms with Crippen LogP contribution in [0.15, 0.2) is 46.4 Å². The molecule has 0 spiro atoms. The molecule has 1 atom stereocenters. The molecule has 2 heterocycles. The number of halogens is 1. The maximum atomic E-state index is 13.0. The number of rotatable bonds is 4. The van der Waals surface area contributed by atoms with Crippen molar-refractivity contribution >= 4 is 21.8 Å². The van der Waals surface area contributed by atoms with Crippen molar-refractivity contribution in [1.82, 2.24) is 5.32 Å². The molecule has 0 radical (unpaired) electrons. The quantitative estimate of drug-likeness (QED) is 0.660. The Bertz CT molecular complexity index is 997. The highest BCUT2D eigenvalue weighted by atomic mass is 32.2. The Labute approximate surface area is 150 Å². The monoisotopic (exact) mass is 373 g/mol. The second-order valence-corrected chi connectivity index (χ2v) is 8.21. The number of nitrogens with one attached hydrogen (secondary N) is 1. The molecule has 1 aliphatic rings. The fraction of sp³-hybridized carbons (Fsp3) is 0.211. The molecule has 1 aromatic heterocycles. The Balaban J connectivity index is 1.74. The van der Waals surface area contributed by atoms with Crippen LogP contribution in [0.4, 0.5) is 4.39 Å². The van der Waals surface area contributed by atoms with Gasteiger partial charge in [0.15, 0.2) is 9.84 Å². The van der Waals surface area contributed by atoms with E-state index < -0.39 is 21.8 Å². The molecule has 1 saturated heterocycles. The van der Waals surface area contributed by atoms with Crippen molar-refractivity contribution in [3.05, 3.63) is 53.5 Å². The maximum Gasteiger partial charge on any atom is 0.260 e. The number of sulfone groups is 1. The molecule has 7 heteroatoms. The van der Waals surface area contributed by atoms with Crippen LogP contribution in [0.1, 0.15) is 12.2 Å². The fourth-order valence-corrected chi connectivity index (χ4v) is 4.36. The minimum absolute atomic E-state index is 0.0364. The second-order valence-electron chi connectivity index (χ2n) is 5.98. The largest absolute Gasteiger partial charge is 0.457 e. The van der Waals surface area contributed by atoms with Gasteiger partial charge in [0.1, 0.15) is 17.3 Å². The van der Waals surface area contributed by atoms with E-state index in [-0.39, 0.29) is 22.9 Å². The number of carbonyl (C=O) groups excluding carboxylic acids is 1. The molecule has 0 saturated carbocycles. The Morgan fingerprint density at radius 3 is 2.62 bits per heavy atom. The summed E-state index contributed by atoms with van der Waals surface area (Å²) >= 11 is 0. The van der Waals surface area contributed by atoms with Crippen LogP contribution in [0.5, 0.6) is 0 Å². The third-order valence-corrected chi connectivity index (χ3v) is 5.78.